The Balaban J connectivity index is 0.950. The number of aromatic hydroxyl groups is 1. The predicted molar refractivity (Wildman–Crippen MR) is 238 cm³/mol. The molecule has 3 saturated heterocycles. The fourth-order valence-electron chi connectivity index (χ4n) is 7.48. The molecule has 66 heavy (non-hydrogen) atoms. The van der Waals surface area contributed by atoms with Gasteiger partial charge in [-0.3, -0.25) is 24.0 Å². The van der Waals surface area contributed by atoms with Gasteiger partial charge in [-0.15, -0.1) is 0 Å². The molecular formula is C45H53N7O13S. The van der Waals surface area contributed by atoms with E-state index in [-0.39, 0.29) is 60.3 Å². The molecule has 3 heterocycles. The van der Waals surface area contributed by atoms with Crippen LogP contribution in [0.2, 0.25) is 0 Å². The summed E-state index contributed by atoms with van der Waals surface area (Å²) in [5.41, 5.74) is 1.97. The lowest BCUT2D eigenvalue weighted by Gasteiger charge is -2.43. The molecule has 3 aliphatic rings. The molecule has 21 heteroatoms. The number of aliphatic carboxylic acids is 1. The molecule has 352 valence electrons. The van der Waals surface area contributed by atoms with Gasteiger partial charge in [-0.2, -0.15) is 11.8 Å². The van der Waals surface area contributed by atoms with Crippen LogP contribution in [0.3, 0.4) is 0 Å². The molecule has 0 saturated carbocycles. The molecule has 0 spiro atoms. The monoisotopic (exact) mass is 931 g/mol. The average Bonchev–Trinajstić information content (AvgIpc) is 3.88. The third-order valence-electron chi connectivity index (χ3n) is 11.1. The molecule has 6 rings (SSSR count). The maximum Gasteiger partial charge on any atom is 0.371 e. The molecule has 8 atom stereocenters. The number of thioether (sulfide) groups is 1. The highest BCUT2D eigenvalue weighted by atomic mass is 32.2. The number of urea groups is 1. The number of ether oxygens (including phenoxy) is 2. The first-order valence-electron chi connectivity index (χ1n) is 21.3. The minimum Gasteiger partial charge on any atom is -0.508 e. The summed E-state index contributed by atoms with van der Waals surface area (Å²) in [4.78, 5) is 86.4. The van der Waals surface area contributed by atoms with Gasteiger partial charge in [0.2, 0.25) is 35.7 Å². The number of hydrogen-bond donors (Lipinski definition) is 11. The number of phenolic OH excluding ortho intramolecular Hbond substituents is 1. The van der Waals surface area contributed by atoms with Crippen LogP contribution in [0.1, 0.15) is 52.7 Å². The number of carbonyl (C=O) groups excluding carboxylic acids is 6. The van der Waals surface area contributed by atoms with Gasteiger partial charge in [-0.25, -0.2) is 9.59 Å². The van der Waals surface area contributed by atoms with Crippen LogP contribution >= 0.6 is 11.8 Å². The minimum atomic E-state index is -1.63. The smallest absolute Gasteiger partial charge is 0.371 e. The Hall–Kier alpha value is -6.52. The van der Waals surface area contributed by atoms with Gasteiger partial charge in [0.05, 0.1) is 37.8 Å². The lowest BCUT2D eigenvalue weighted by Crippen LogP contribution is -2.64. The maximum absolute atomic E-state index is 12.9. The first kappa shape index (κ1) is 48.9. The largest absolute Gasteiger partial charge is 0.508 e. The second-order valence-corrected chi connectivity index (χ2v) is 17.1. The van der Waals surface area contributed by atoms with E-state index in [1.165, 1.54) is 30.3 Å². The first-order chi connectivity index (χ1) is 31.7. The number of amides is 6. The Bertz CT molecular complexity index is 2230. The predicted octanol–water partition coefficient (Wildman–Crippen LogP) is -0.139. The topological polar surface area (TPSA) is 303 Å². The third-order valence-corrected chi connectivity index (χ3v) is 12.6. The van der Waals surface area contributed by atoms with Crippen LogP contribution in [0.25, 0.3) is 6.08 Å². The van der Waals surface area contributed by atoms with E-state index in [1.54, 1.807) is 66.4 Å². The van der Waals surface area contributed by atoms with Crippen molar-refractivity contribution in [2.24, 2.45) is 0 Å². The van der Waals surface area contributed by atoms with Crippen molar-refractivity contribution >= 4 is 59.3 Å². The quantitative estimate of drug-likeness (QED) is 0.0206. The fourth-order valence-corrected chi connectivity index (χ4v) is 9.02. The van der Waals surface area contributed by atoms with Crippen LogP contribution in [0.4, 0.5) is 4.79 Å². The van der Waals surface area contributed by atoms with E-state index in [1.807, 2.05) is 0 Å². The minimum absolute atomic E-state index is 0.0514. The Morgan fingerprint density at radius 3 is 2.08 bits per heavy atom. The Morgan fingerprint density at radius 2 is 1.41 bits per heavy atom. The number of phenols is 1. The zero-order valence-electron chi connectivity index (χ0n) is 35.6. The SMILES string of the molecule is O=C(CCCC[C@@H]1SC[C@@H]2NC(=O)N[C@@H]21)NCC(=O)NCC(=O)NCC(=O)NC[C@H]1O[C@@H](O/C(=C\c2ccc(O)cc2)C(=O)O)[C@H](NCc2ccc(C(=O)c3ccccc3)cc2)[C@@H](O)[C@H]1O. The number of aliphatic hydroxyl groups excluding tert-OH is 2. The number of nitrogens with one attached hydrogen (secondary N) is 7. The number of carbonyl (C=O) groups is 7. The number of benzene rings is 3. The van der Waals surface area contributed by atoms with Crippen molar-refractivity contribution in [3.05, 3.63) is 107 Å². The summed E-state index contributed by atoms with van der Waals surface area (Å²) in [5.74, 6) is -3.86. The second kappa shape index (κ2) is 23.6. The molecule has 3 aromatic carbocycles. The second-order valence-electron chi connectivity index (χ2n) is 15.8. The van der Waals surface area contributed by atoms with Crippen LogP contribution < -0.4 is 37.2 Å². The van der Waals surface area contributed by atoms with Crippen LogP contribution in [0.5, 0.6) is 5.75 Å². The number of hydrogen-bond acceptors (Lipinski definition) is 14. The normalized spacial score (nSPS) is 23.4. The number of carboxylic acids is 1. The van der Waals surface area contributed by atoms with E-state index in [0.29, 0.717) is 28.7 Å². The van der Waals surface area contributed by atoms with Crippen LogP contribution in [0, 0.1) is 0 Å². The molecule has 0 aromatic heterocycles. The Kier molecular flexibility index (Phi) is 17.5. The molecule has 6 amide bonds. The highest BCUT2D eigenvalue weighted by Crippen LogP contribution is 2.33. The van der Waals surface area contributed by atoms with Crippen molar-refractivity contribution in [1.29, 1.82) is 0 Å². The van der Waals surface area contributed by atoms with Crippen LogP contribution in [-0.2, 0) is 40.0 Å². The van der Waals surface area contributed by atoms with E-state index in [4.69, 9.17) is 9.47 Å². The summed E-state index contributed by atoms with van der Waals surface area (Å²) in [6.45, 7) is -1.74. The highest BCUT2D eigenvalue weighted by molar-refractivity contribution is 8.00. The van der Waals surface area contributed by atoms with Gasteiger partial charge in [0.25, 0.3) is 0 Å². The van der Waals surface area contributed by atoms with Crippen molar-refractivity contribution in [3.63, 3.8) is 0 Å². The number of ketones is 1. The van der Waals surface area contributed by atoms with Gasteiger partial charge < -0.3 is 67.1 Å². The Morgan fingerprint density at radius 1 is 0.773 bits per heavy atom. The molecule has 20 nitrogen and oxygen atoms in total. The molecule has 0 radical (unpaired) electrons. The Labute approximate surface area is 383 Å². The van der Waals surface area contributed by atoms with Crippen molar-refractivity contribution in [2.75, 3.05) is 31.9 Å². The molecule has 0 aliphatic carbocycles. The van der Waals surface area contributed by atoms with E-state index < -0.39 is 79.7 Å². The van der Waals surface area contributed by atoms with Gasteiger partial charge in [0.15, 0.2) is 5.78 Å². The van der Waals surface area contributed by atoms with Crippen molar-refractivity contribution < 1.29 is 63.5 Å². The number of unbranched alkanes of at least 4 members (excludes halogenated alkanes) is 1. The van der Waals surface area contributed by atoms with E-state index >= 15 is 0 Å². The van der Waals surface area contributed by atoms with Crippen molar-refractivity contribution in [1.82, 2.24) is 37.2 Å². The standard InChI is InChI=1S/C45H53N7O13S/c53-29-16-12-25(13-17-29)18-31(43(61)62)64-44-39(50-19-26-10-14-28(15-11-26)40(58)27-6-2-1-3-7-27)42(60)41(59)32(65-44)20-46-35(55)22-48-37(57)23-49-36(56)21-47-34(54)9-5-4-8-33-38-30(24-66-33)51-45(63)52-38/h1-3,6-7,10-18,30,32-33,38-39,41-42,44,50,53,59-60H,4-5,8-9,19-24H2,(H,46,55)(H,47,54)(H,48,57)(H,49,56)(H,61,62)(H2,51,52,63)/b31-18-/t30-,32+,33-,38-,39+,41-,42+,44+/m0/s1. The molecule has 0 unspecified atom stereocenters. The molecule has 3 aliphatic heterocycles. The van der Waals surface area contributed by atoms with Gasteiger partial charge in [-0.1, -0.05) is 73.2 Å². The maximum atomic E-state index is 12.9. The summed E-state index contributed by atoms with van der Waals surface area (Å²) >= 11 is 1.79. The van der Waals surface area contributed by atoms with E-state index in [9.17, 15) is 54.0 Å². The van der Waals surface area contributed by atoms with Crippen LogP contribution in [-0.4, -0.2) is 142 Å². The lowest BCUT2D eigenvalue weighted by molar-refractivity contribution is -0.252. The zero-order valence-corrected chi connectivity index (χ0v) is 36.5. The molecule has 0 bridgehead atoms. The van der Waals surface area contributed by atoms with Crippen molar-refractivity contribution in [2.45, 2.75) is 80.2 Å². The average molecular weight is 932 g/mol. The first-order valence-corrected chi connectivity index (χ1v) is 22.4. The van der Waals surface area contributed by atoms with E-state index in [0.717, 1.165) is 18.6 Å². The summed E-state index contributed by atoms with van der Waals surface area (Å²) in [6.07, 6.45) is -2.54. The molecule has 3 aromatic rings. The highest BCUT2D eigenvalue weighted by Gasteiger charge is 2.46. The number of fused-ring (bicyclic) bond motifs is 1. The van der Waals surface area contributed by atoms with Crippen LogP contribution in [0.15, 0.2) is 84.6 Å². The third kappa shape index (κ3) is 14.0. The summed E-state index contributed by atoms with van der Waals surface area (Å²) in [5, 5.41) is 61.0. The fraction of sp³-hybridized carbons (Fsp3) is 0.400. The van der Waals surface area contributed by atoms with Gasteiger partial charge in [-0.05, 0) is 42.2 Å². The van der Waals surface area contributed by atoms with Gasteiger partial charge >= 0.3 is 12.0 Å². The van der Waals surface area contributed by atoms with Gasteiger partial charge in [0.1, 0.15) is 24.1 Å². The number of aliphatic hydroxyl groups is 2. The number of carboxylic acid groups (broad SMARTS) is 1. The molecule has 3 fully saturated rings. The lowest BCUT2D eigenvalue weighted by atomic mass is 9.96. The van der Waals surface area contributed by atoms with Crippen molar-refractivity contribution in [3.8, 4) is 5.75 Å². The van der Waals surface area contributed by atoms with Gasteiger partial charge in [0, 0.05) is 41.6 Å². The summed E-state index contributed by atoms with van der Waals surface area (Å²) in [7, 11) is 0. The molecular weight excluding hydrogens is 879 g/mol. The molecule has 11 N–H and O–H groups in total. The summed E-state index contributed by atoms with van der Waals surface area (Å²) < 4.78 is 11.8. The zero-order chi connectivity index (χ0) is 47.2. The number of rotatable bonds is 22. The summed E-state index contributed by atoms with van der Waals surface area (Å²) in [6, 6.07) is 19.8. The van der Waals surface area contributed by atoms with E-state index in [2.05, 4.69) is 37.2 Å².